The molecule has 0 amide bonds. The standard InChI is InChI=1S/C26H29N2/c1-19-11-7-10-16-23(19)27-20(2)24-17-18-26(3,22-14-8-9-15-22)28(24)25(27)21-12-5-4-6-13-21/h4-7,10-13,16-18,22H,8-9,14-15H2,1-3H3/q+1. The van der Waals surface area contributed by atoms with Gasteiger partial charge in [0.25, 0.3) is 5.82 Å². The number of imidazole rings is 1. The summed E-state index contributed by atoms with van der Waals surface area (Å²) in [5.41, 5.74) is 6.61. The Bertz CT molecular complexity index is 1050. The Hall–Kier alpha value is -2.61. The van der Waals surface area contributed by atoms with Crippen molar-refractivity contribution in [3.8, 4) is 17.1 Å². The number of fused-ring (bicyclic) bond motifs is 1. The molecular formula is C26H29N2+. The lowest BCUT2D eigenvalue weighted by atomic mass is 9.84. The fraction of sp³-hybridized carbons (Fsp3) is 0.346. The van der Waals surface area contributed by atoms with E-state index in [2.05, 4.69) is 96.7 Å². The van der Waals surface area contributed by atoms with Crippen LogP contribution >= 0.6 is 0 Å². The van der Waals surface area contributed by atoms with Crippen molar-refractivity contribution in [1.29, 1.82) is 0 Å². The van der Waals surface area contributed by atoms with Crippen LogP contribution in [0.3, 0.4) is 0 Å². The Kier molecular flexibility index (Phi) is 4.04. The first-order valence-electron chi connectivity index (χ1n) is 10.6. The topological polar surface area (TPSA) is 8.81 Å². The first-order chi connectivity index (χ1) is 13.6. The average molecular weight is 370 g/mol. The van der Waals surface area contributed by atoms with E-state index in [9.17, 15) is 0 Å². The quantitative estimate of drug-likeness (QED) is 0.502. The number of hydrogen-bond donors (Lipinski definition) is 0. The second-order valence-corrected chi connectivity index (χ2v) is 8.66. The number of allylic oxidation sites excluding steroid dienone is 1. The molecule has 1 aliphatic carbocycles. The van der Waals surface area contributed by atoms with E-state index in [-0.39, 0.29) is 5.54 Å². The van der Waals surface area contributed by atoms with Gasteiger partial charge in [-0.3, -0.25) is 0 Å². The van der Waals surface area contributed by atoms with Crippen LogP contribution < -0.4 is 4.57 Å². The van der Waals surface area contributed by atoms with Crippen molar-refractivity contribution in [2.24, 2.45) is 5.92 Å². The molecule has 0 spiro atoms. The van der Waals surface area contributed by atoms with Gasteiger partial charge in [0.1, 0.15) is 11.2 Å². The minimum absolute atomic E-state index is 0.0513. The average Bonchev–Trinajstić information content (AvgIpc) is 3.42. The number of benzene rings is 2. The second-order valence-electron chi connectivity index (χ2n) is 8.66. The lowest BCUT2D eigenvalue weighted by Crippen LogP contribution is -2.56. The Morgan fingerprint density at radius 3 is 2.32 bits per heavy atom. The van der Waals surface area contributed by atoms with E-state index in [1.807, 2.05) is 0 Å². The fourth-order valence-corrected chi connectivity index (χ4v) is 5.44. The summed E-state index contributed by atoms with van der Waals surface area (Å²) in [7, 11) is 0. The fourth-order valence-electron chi connectivity index (χ4n) is 5.44. The van der Waals surface area contributed by atoms with Gasteiger partial charge in [-0.1, -0.05) is 49.2 Å². The largest absolute Gasteiger partial charge is 0.295 e. The Balaban J connectivity index is 1.83. The third kappa shape index (κ3) is 2.44. The maximum atomic E-state index is 2.64. The van der Waals surface area contributed by atoms with Gasteiger partial charge in [0.15, 0.2) is 11.4 Å². The smallest absolute Gasteiger partial charge is 0.214 e. The van der Waals surface area contributed by atoms with Crippen molar-refractivity contribution < 1.29 is 4.57 Å². The van der Waals surface area contributed by atoms with Crippen molar-refractivity contribution in [1.82, 2.24) is 4.57 Å². The van der Waals surface area contributed by atoms with Gasteiger partial charge < -0.3 is 0 Å². The van der Waals surface area contributed by atoms with Gasteiger partial charge in [0, 0.05) is 12.8 Å². The molecule has 2 aromatic carbocycles. The predicted molar refractivity (Wildman–Crippen MR) is 116 cm³/mol. The summed E-state index contributed by atoms with van der Waals surface area (Å²) >= 11 is 0. The Morgan fingerprint density at radius 2 is 1.61 bits per heavy atom. The van der Waals surface area contributed by atoms with Crippen LogP contribution in [0.1, 0.15) is 49.6 Å². The monoisotopic (exact) mass is 369 g/mol. The van der Waals surface area contributed by atoms with Crippen LogP contribution in [0.2, 0.25) is 0 Å². The molecule has 0 bridgehead atoms. The van der Waals surface area contributed by atoms with E-state index in [0.717, 1.165) is 0 Å². The van der Waals surface area contributed by atoms with Crippen molar-refractivity contribution in [2.75, 3.05) is 0 Å². The molecule has 1 saturated carbocycles. The molecule has 1 aliphatic heterocycles. The summed E-state index contributed by atoms with van der Waals surface area (Å²) in [6.07, 6.45) is 10.2. The number of aromatic nitrogens is 2. The molecule has 2 aliphatic rings. The molecule has 2 nitrogen and oxygen atoms in total. The van der Waals surface area contributed by atoms with Crippen molar-refractivity contribution in [3.63, 3.8) is 0 Å². The highest BCUT2D eigenvalue weighted by Gasteiger charge is 2.48. The van der Waals surface area contributed by atoms with Crippen LogP contribution in [0.25, 0.3) is 23.2 Å². The van der Waals surface area contributed by atoms with Gasteiger partial charge in [-0.2, -0.15) is 4.57 Å². The van der Waals surface area contributed by atoms with Crippen LogP contribution in [-0.4, -0.2) is 4.57 Å². The normalized spacial score (nSPS) is 21.4. The van der Waals surface area contributed by atoms with E-state index < -0.39 is 0 Å². The van der Waals surface area contributed by atoms with Gasteiger partial charge in [-0.25, -0.2) is 4.57 Å². The summed E-state index contributed by atoms with van der Waals surface area (Å²) in [5.74, 6) is 2.02. The number of para-hydroxylation sites is 1. The maximum Gasteiger partial charge on any atom is 0.295 e. The zero-order valence-electron chi connectivity index (χ0n) is 17.2. The van der Waals surface area contributed by atoms with Gasteiger partial charge >= 0.3 is 0 Å². The van der Waals surface area contributed by atoms with E-state index in [1.165, 1.54) is 59.7 Å². The second kappa shape index (κ2) is 6.48. The molecular weight excluding hydrogens is 340 g/mol. The van der Waals surface area contributed by atoms with Crippen LogP contribution in [0.15, 0.2) is 60.7 Å². The maximum absolute atomic E-state index is 2.64. The number of nitrogens with zero attached hydrogens (tertiary/aromatic N) is 2. The molecule has 142 valence electrons. The molecule has 0 radical (unpaired) electrons. The van der Waals surface area contributed by atoms with Crippen LogP contribution in [-0.2, 0) is 5.54 Å². The van der Waals surface area contributed by atoms with E-state index in [1.54, 1.807) is 0 Å². The molecule has 1 atom stereocenters. The van der Waals surface area contributed by atoms with Crippen molar-refractivity contribution in [2.45, 2.75) is 52.0 Å². The minimum Gasteiger partial charge on any atom is -0.214 e. The minimum atomic E-state index is 0.0513. The number of aryl methyl sites for hydroxylation is 1. The van der Waals surface area contributed by atoms with Gasteiger partial charge in [0.05, 0.1) is 5.56 Å². The van der Waals surface area contributed by atoms with E-state index in [4.69, 9.17) is 0 Å². The molecule has 0 N–H and O–H groups in total. The number of hydrogen-bond acceptors (Lipinski definition) is 0. The summed E-state index contributed by atoms with van der Waals surface area (Å²) in [5, 5.41) is 0. The lowest BCUT2D eigenvalue weighted by Gasteiger charge is -2.29. The zero-order valence-corrected chi connectivity index (χ0v) is 17.2. The van der Waals surface area contributed by atoms with Gasteiger partial charge in [-0.05, 0) is 62.6 Å². The van der Waals surface area contributed by atoms with Crippen molar-refractivity contribution >= 4 is 6.08 Å². The summed E-state index contributed by atoms with van der Waals surface area (Å²) in [6.45, 7) is 6.94. The highest BCUT2D eigenvalue weighted by Crippen LogP contribution is 2.42. The van der Waals surface area contributed by atoms with Crippen LogP contribution in [0, 0.1) is 19.8 Å². The predicted octanol–water partition coefficient (Wildman–Crippen LogP) is 5.98. The highest BCUT2D eigenvalue weighted by atomic mass is 15.2. The third-order valence-corrected chi connectivity index (χ3v) is 7.00. The SMILES string of the molecule is Cc1ccccc1-n1c(C)c2[n+](c1-c1ccccc1)C(C)(C1CCCC1)C=C2. The summed E-state index contributed by atoms with van der Waals surface area (Å²) < 4.78 is 5.12. The van der Waals surface area contributed by atoms with E-state index >= 15 is 0 Å². The third-order valence-electron chi connectivity index (χ3n) is 7.00. The highest BCUT2D eigenvalue weighted by molar-refractivity contribution is 5.63. The summed E-state index contributed by atoms with van der Waals surface area (Å²) in [6, 6.07) is 19.7. The Morgan fingerprint density at radius 1 is 0.929 bits per heavy atom. The molecule has 2 heteroatoms. The molecule has 1 fully saturated rings. The molecule has 28 heavy (non-hydrogen) atoms. The molecule has 1 unspecified atom stereocenters. The lowest BCUT2D eigenvalue weighted by molar-refractivity contribution is -0.743. The van der Waals surface area contributed by atoms with E-state index in [0.29, 0.717) is 5.92 Å². The van der Waals surface area contributed by atoms with Crippen molar-refractivity contribution in [3.05, 3.63) is 77.6 Å². The molecule has 5 rings (SSSR count). The Labute approximate surface area is 168 Å². The number of rotatable bonds is 3. The molecule has 0 saturated heterocycles. The van der Waals surface area contributed by atoms with Gasteiger partial charge in [-0.15, -0.1) is 0 Å². The first kappa shape index (κ1) is 17.5. The molecule has 3 aromatic rings. The van der Waals surface area contributed by atoms with Crippen LogP contribution in [0.5, 0.6) is 0 Å². The summed E-state index contributed by atoms with van der Waals surface area (Å²) in [4.78, 5) is 0. The molecule has 1 aromatic heterocycles. The first-order valence-corrected chi connectivity index (χ1v) is 10.6. The molecule has 2 heterocycles. The van der Waals surface area contributed by atoms with Gasteiger partial charge in [0.2, 0.25) is 0 Å². The van der Waals surface area contributed by atoms with Crippen LogP contribution in [0.4, 0.5) is 0 Å². The zero-order chi connectivity index (χ0) is 19.3.